The predicted octanol–water partition coefficient (Wildman–Crippen LogP) is 3.39. The fraction of sp³-hybridized carbons (Fsp3) is 0.381. The highest BCUT2D eigenvalue weighted by atomic mass is 32.2. The van der Waals surface area contributed by atoms with Gasteiger partial charge in [0.05, 0.1) is 10.5 Å². The van der Waals surface area contributed by atoms with Crippen LogP contribution in [0.1, 0.15) is 34.3 Å². The minimum atomic E-state index is -3.45. The first-order chi connectivity index (χ1) is 12.8. The van der Waals surface area contributed by atoms with E-state index in [1.54, 1.807) is 23.1 Å². The SMILES string of the molecule is Cc1cccc(C)c1OC1CCN(C(=O)c2ccccc2S(C)(=O)=O)CC1. The predicted molar refractivity (Wildman–Crippen MR) is 105 cm³/mol. The van der Waals surface area contributed by atoms with Crippen molar-refractivity contribution < 1.29 is 17.9 Å². The zero-order valence-electron chi connectivity index (χ0n) is 15.9. The van der Waals surface area contributed by atoms with Crippen LogP contribution in [-0.2, 0) is 9.84 Å². The molecule has 0 atom stereocenters. The molecular weight excluding hydrogens is 362 g/mol. The third-order valence-electron chi connectivity index (χ3n) is 4.94. The Morgan fingerprint density at radius 2 is 1.59 bits per heavy atom. The van der Waals surface area contributed by atoms with E-state index in [-0.39, 0.29) is 22.5 Å². The van der Waals surface area contributed by atoms with E-state index in [1.165, 1.54) is 6.07 Å². The molecule has 0 spiro atoms. The van der Waals surface area contributed by atoms with Gasteiger partial charge in [0, 0.05) is 32.2 Å². The summed E-state index contributed by atoms with van der Waals surface area (Å²) in [4.78, 5) is 14.7. The van der Waals surface area contributed by atoms with Gasteiger partial charge in [0.15, 0.2) is 9.84 Å². The van der Waals surface area contributed by atoms with Crippen LogP contribution < -0.4 is 4.74 Å². The molecule has 5 nitrogen and oxygen atoms in total. The van der Waals surface area contributed by atoms with Gasteiger partial charge in [0.25, 0.3) is 5.91 Å². The fourth-order valence-electron chi connectivity index (χ4n) is 3.47. The molecule has 144 valence electrons. The highest BCUT2D eigenvalue weighted by Gasteiger charge is 2.28. The van der Waals surface area contributed by atoms with E-state index in [4.69, 9.17) is 4.74 Å². The second kappa shape index (κ2) is 7.72. The number of piperidine rings is 1. The average Bonchev–Trinajstić information content (AvgIpc) is 2.64. The van der Waals surface area contributed by atoms with Crippen LogP contribution in [0, 0.1) is 13.8 Å². The van der Waals surface area contributed by atoms with Crippen molar-refractivity contribution in [1.82, 2.24) is 4.90 Å². The van der Waals surface area contributed by atoms with E-state index >= 15 is 0 Å². The summed E-state index contributed by atoms with van der Waals surface area (Å²) in [5.41, 5.74) is 2.46. The Balaban J connectivity index is 1.69. The van der Waals surface area contributed by atoms with Gasteiger partial charge >= 0.3 is 0 Å². The molecular formula is C21H25NO4S. The number of para-hydroxylation sites is 1. The number of rotatable bonds is 4. The van der Waals surface area contributed by atoms with Crippen molar-refractivity contribution in [1.29, 1.82) is 0 Å². The molecule has 2 aromatic rings. The van der Waals surface area contributed by atoms with Crippen LogP contribution in [0.5, 0.6) is 5.75 Å². The first-order valence-corrected chi connectivity index (χ1v) is 11.0. The molecule has 0 bridgehead atoms. The van der Waals surface area contributed by atoms with E-state index in [0.717, 1.165) is 36.0 Å². The van der Waals surface area contributed by atoms with Crippen molar-refractivity contribution in [2.75, 3.05) is 19.3 Å². The largest absolute Gasteiger partial charge is 0.490 e. The number of sulfone groups is 1. The molecule has 1 fully saturated rings. The van der Waals surface area contributed by atoms with Gasteiger partial charge in [-0.3, -0.25) is 4.79 Å². The molecule has 0 radical (unpaired) electrons. The summed E-state index contributed by atoms with van der Waals surface area (Å²) >= 11 is 0. The second-order valence-electron chi connectivity index (χ2n) is 7.10. The first-order valence-electron chi connectivity index (χ1n) is 9.08. The molecule has 0 aliphatic carbocycles. The van der Waals surface area contributed by atoms with Crippen LogP contribution in [0.3, 0.4) is 0 Å². The number of hydrogen-bond donors (Lipinski definition) is 0. The van der Waals surface area contributed by atoms with E-state index < -0.39 is 9.84 Å². The molecule has 0 N–H and O–H groups in total. The Hall–Kier alpha value is -2.34. The summed E-state index contributed by atoms with van der Waals surface area (Å²) in [6.07, 6.45) is 2.63. The van der Waals surface area contributed by atoms with Crippen LogP contribution in [0.4, 0.5) is 0 Å². The van der Waals surface area contributed by atoms with Crippen LogP contribution in [0.15, 0.2) is 47.4 Å². The van der Waals surface area contributed by atoms with E-state index in [2.05, 4.69) is 0 Å². The lowest BCUT2D eigenvalue weighted by Gasteiger charge is -2.33. The monoisotopic (exact) mass is 387 g/mol. The normalized spacial score (nSPS) is 15.6. The quantitative estimate of drug-likeness (QED) is 0.807. The zero-order valence-corrected chi connectivity index (χ0v) is 16.8. The van der Waals surface area contributed by atoms with Gasteiger partial charge < -0.3 is 9.64 Å². The van der Waals surface area contributed by atoms with Crippen LogP contribution >= 0.6 is 0 Å². The third kappa shape index (κ3) is 4.33. The van der Waals surface area contributed by atoms with Crippen LogP contribution in [0.2, 0.25) is 0 Å². The highest BCUT2D eigenvalue weighted by molar-refractivity contribution is 7.90. The third-order valence-corrected chi connectivity index (χ3v) is 6.09. The molecule has 1 aliphatic rings. The Labute approximate surface area is 160 Å². The maximum absolute atomic E-state index is 12.9. The summed E-state index contributed by atoms with van der Waals surface area (Å²) < 4.78 is 30.1. The molecule has 1 heterocycles. The highest BCUT2D eigenvalue weighted by Crippen LogP contribution is 2.27. The van der Waals surface area contributed by atoms with Gasteiger partial charge in [-0.25, -0.2) is 8.42 Å². The molecule has 0 aromatic heterocycles. The molecule has 2 aromatic carbocycles. The summed E-state index contributed by atoms with van der Waals surface area (Å²) in [7, 11) is -3.45. The number of hydrogen-bond acceptors (Lipinski definition) is 4. The smallest absolute Gasteiger partial charge is 0.255 e. The van der Waals surface area contributed by atoms with Crippen molar-refractivity contribution in [2.24, 2.45) is 0 Å². The summed E-state index contributed by atoms with van der Waals surface area (Å²) in [6, 6.07) is 12.5. The van der Waals surface area contributed by atoms with Gasteiger partial charge in [-0.15, -0.1) is 0 Å². The summed E-state index contributed by atoms with van der Waals surface area (Å²) in [5, 5.41) is 0. The number of ether oxygens (including phenoxy) is 1. The number of carbonyl (C=O) groups is 1. The van der Waals surface area contributed by atoms with Crippen molar-refractivity contribution in [3.05, 3.63) is 59.2 Å². The topological polar surface area (TPSA) is 63.7 Å². The Kier molecular flexibility index (Phi) is 5.56. The molecule has 0 saturated carbocycles. The maximum Gasteiger partial charge on any atom is 0.255 e. The number of nitrogens with zero attached hydrogens (tertiary/aromatic N) is 1. The van der Waals surface area contributed by atoms with E-state index in [9.17, 15) is 13.2 Å². The number of carbonyl (C=O) groups excluding carboxylic acids is 1. The molecule has 3 rings (SSSR count). The second-order valence-corrected chi connectivity index (χ2v) is 9.08. The zero-order chi connectivity index (χ0) is 19.6. The molecule has 27 heavy (non-hydrogen) atoms. The molecule has 1 aliphatic heterocycles. The van der Waals surface area contributed by atoms with Gasteiger partial charge in [-0.05, 0) is 37.1 Å². The van der Waals surface area contributed by atoms with Crippen molar-refractivity contribution >= 4 is 15.7 Å². The average molecular weight is 388 g/mol. The van der Waals surface area contributed by atoms with Gasteiger partial charge in [0.2, 0.25) is 0 Å². The standard InChI is InChI=1S/C21H25NO4S/c1-15-7-6-8-16(2)20(15)26-17-11-13-22(14-12-17)21(23)18-9-4-5-10-19(18)27(3,24)25/h4-10,17H,11-14H2,1-3H3. The lowest BCUT2D eigenvalue weighted by atomic mass is 10.1. The first kappa shape index (κ1) is 19.4. The number of likely N-dealkylation sites (tertiary alicyclic amines) is 1. The number of aryl methyl sites for hydroxylation is 2. The Bertz CT molecular complexity index is 924. The Morgan fingerprint density at radius 1 is 1.00 bits per heavy atom. The minimum absolute atomic E-state index is 0.0546. The summed E-state index contributed by atoms with van der Waals surface area (Å²) in [6.45, 7) is 5.16. The molecule has 1 amide bonds. The van der Waals surface area contributed by atoms with Gasteiger partial charge in [0.1, 0.15) is 11.9 Å². The molecule has 6 heteroatoms. The summed E-state index contributed by atoms with van der Waals surface area (Å²) in [5.74, 6) is 0.686. The van der Waals surface area contributed by atoms with Crippen LogP contribution in [-0.4, -0.2) is 44.7 Å². The van der Waals surface area contributed by atoms with Crippen LogP contribution in [0.25, 0.3) is 0 Å². The molecule has 0 unspecified atom stereocenters. The van der Waals surface area contributed by atoms with E-state index in [1.807, 2.05) is 32.0 Å². The lowest BCUT2D eigenvalue weighted by molar-refractivity contribution is 0.0589. The minimum Gasteiger partial charge on any atom is -0.490 e. The van der Waals surface area contributed by atoms with Gasteiger partial charge in [-0.1, -0.05) is 30.3 Å². The fourth-order valence-corrected chi connectivity index (χ4v) is 4.35. The number of amides is 1. The maximum atomic E-state index is 12.9. The Morgan fingerprint density at radius 3 is 2.19 bits per heavy atom. The van der Waals surface area contributed by atoms with Crippen molar-refractivity contribution in [2.45, 2.75) is 37.7 Å². The van der Waals surface area contributed by atoms with Crippen molar-refractivity contribution in [3.63, 3.8) is 0 Å². The van der Waals surface area contributed by atoms with Crippen molar-refractivity contribution in [3.8, 4) is 5.75 Å². The molecule has 1 saturated heterocycles. The van der Waals surface area contributed by atoms with Gasteiger partial charge in [-0.2, -0.15) is 0 Å². The number of benzene rings is 2. The lowest BCUT2D eigenvalue weighted by Crippen LogP contribution is -2.42. The van der Waals surface area contributed by atoms with E-state index in [0.29, 0.717) is 13.1 Å².